The molecule has 2 heterocycles. The number of aromatic nitrogens is 1. The first-order valence-corrected chi connectivity index (χ1v) is 10.9. The molecular formula is C25H29ClN2O4. The lowest BCUT2D eigenvalue weighted by atomic mass is 10.0. The fourth-order valence-corrected chi connectivity index (χ4v) is 4.23. The van der Waals surface area contributed by atoms with E-state index in [2.05, 4.69) is 4.57 Å². The van der Waals surface area contributed by atoms with E-state index in [4.69, 9.17) is 21.1 Å². The molecule has 6 nitrogen and oxygen atoms in total. The van der Waals surface area contributed by atoms with Crippen LogP contribution in [0.15, 0.2) is 41.1 Å². The monoisotopic (exact) mass is 456 g/mol. The standard InChI is InChI=1S/C25H29ClN2O4/c1-7-32-25(30)23-18(5)27(10-11-31-6)24(29)21(23)13-19-12-16(3)28(17(19)4)22-14-20(26)9-8-15(22)2/h8-9,12-14H,7,10-11H2,1-6H3/b21-13-. The third-order valence-electron chi connectivity index (χ3n) is 5.69. The van der Waals surface area contributed by atoms with Gasteiger partial charge in [-0.05, 0) is 70.0 Å². The lowest BCUT2D eigenvalue weighted by Gasteiger charge is -2.16. The number of hydrogen-bond acceptors (Lipinski definition) is 4. The van der Waals surface area contributed by atoms with Crippen molar-refractivity contribution in [2.75, 3.05) is 26.9 Å². The molecule has 0 aliphatic carbocycles. The van der Waals surface area contributed by atoms with Crippen molar-refractivity contribution >= 4 is 29.6 Å². The van der Waals surface area contributed by atoms with Gasteiger partial charge in [0.1, 0.15) is 0 Å². The van der Waals surface area contributed by atoms with Gasteiger partial charge in [0.05, 0.1) is 24.4 Å². The molecule has 0 N–H and O–H groups in total. The van der Waals surface area contributed by atoms with Gasteiger partial charge in [-0.3, -0.25) is 4.79 Å². The van der Waals surface area contributed by atoms with Crippen LogP contribution in [0.1, 0.15) is 36.4 Å². The van der Waals surface area contributed by atoms with Gasteiger partial charge in [0.25, 0.3) is 5.91 Å². The smallest absolute Gasteiger partial charge is 0.340 e. The molecule has 1 amide bonds. The third-order valence-corrected chi connectivity index (χ3v) is 5.93. The summed E-state index contributed by atoms with van der Waals surface area (Å²) < 4.78 is 12.5. The number of aryl methyl sites for hydroxylation is 2. The molecule has 0 unspecified atom stereocenters. The molecule has 2 aromatic rings. The van der Waals surface area contributed by atoms with Crippen molar-refractivity contribution < 1.29 is 19.1 Å². The summed E-state index contributed by atoms with van der Waals surface area (Å²) in [7, 11) is 1.58. The molecule has 0 fully saturated rings. The quantitative estimate of drug-likeness (QED) is 0.445. The minimum Gasteiger partial charge on any atom is -0.462 e. The van der Waals surface area contributed by atoms with Gasteiger partial charge in [0, 0.05) is 41.4 Å². The highest BCUT2D eigenvalue weighted by Gasteiger charge is 2.37. The fourth-order valence-electron chi connectivity index (χ4n) is 4.06. The van der Waals surface area contributed by atoms with E-state index < -0.39 is 5.97 Å². The van der Waals surface area contributed by atoms with Crippen LogP contribution in [0.4, 0.5) is 0 Å². The highest BCUT2D eigenvalue weighted by Crippen LogP contribution is 2.33. The van der Waals surface area contributed by atoms with E-state index in [1.807, 2.05) is 45.0 Å². The number of carbonyl (C=O) groups excluding carboxylic acids is 2. The second kappa shape index (κ2) is 9.76. The molecule has 0 radical (unpaired) electrons. The number of carbonyl (C=O) groups is 2. The number of nitrogens with zero attached hydrogens (tertiary/aromatic N) is 2. The first-order chi connectivity index (χ1) is 15.2. The van der Waals surface area contributed by atoms with Gasteiger partial charge in [0.15, 0.2) is 0 Å². The maximum absolute atomic E-state index is 13.2. The van der Waals surface area contributed by atoms with Crippen molar-refractivity contribution in [3.63, 3.8) is 0 Å². The predicted molar refractivity (Wildman–Crippen MR) is 126 cm³/mol. The fraction of sp³-hybridized carbons (Fsp3) is 0.360. The summed E-state index contributed by atoms with van der Waals surface area (Å²) in [6.45, 7) is 10.5. The maximum Gasteiger partial charge on any atom is 0.340 e. The zero-order valence-corrected chi connectivity index (χ0v) is 20.2. The zero-order chi connectivity index (χ0) is 23.6. The Balaban J connectivity index is 2.13. The molecule has 1 aliphatic rings. The lowest BCUT2D eigenvalue weighted by molar-refractivity contribution is -0.138. The van der Waals surface area contributed by atoms with E-state index in [0.717, 1.165) is 28.2 Å². The van der Waals surface area contributed by atoms with Gasteiger partial charge < -0.3 is 18.9 Å². The second-order valence-corrected chi connectivity index (χ2v) is 8.22. The molecule has 1 aliphatic heterocycles. The van der Waals surface area contributed by atoms with Crippen molar-refractivity contribution in [2.24, 2.45) is 0 Å². The average molecular weight is 457 g/mol. The molecule has 7 heteroatoms. The molecule has 0 saturated heterocycles. The minimum absolute atomic E-state index is 0.230. The number of amides is 1. The van der Waals surface area contributed by atoms with Gasteiger partial charge in [-0.15, -0.1) is 0 Å². The Morgan fingerprint density at radius 1 is 1.16 bits per heavy atom. The maximum atomic E-state index is 13.2. The largest absolute Gasteiger partial charge is 0.462 e. The Hall–Kier alpha value is -2.83. The van der Waals surface area contributed by atoms with Crippen LogP contribution in [0.3, 0.4) is 0 Å². The van der Waals surface area contributed by atoms with Gasteiger partial charge >= 0.3 is 5.97 Å². The van der Waals surface area contributed by atoms with Gasteiger partial charge in [-0.1, -0.05) is 17.7 Å². The number of halogens is 1. The zero-order valence-electron chi connectivity index (χ0n) is 19.4. The third kappa shape index (κ3) is 4.38. The Labute approximate surface area is 194 Å². The summed E-state index contributed by atoms with van der Waals surface area (Å²) in [5, 5.41) is 0.654. The molecule has 0 spiro atoms. The summed E-state index contributed by atoms with van der Waals surface area (Å²) in [4.78, 5) is 27.5. The van der Waals surface area contributed by atoms with E-state index >= 15 is 0 Å². The lowest BCUT2D eigenvalue weighted by Crippen LogP contribution is -2.28. The SMILES string of the molecule is CCOC(=O)C1=C(C)N(CCOC)C(=O)/C1=C\c1cc(C)n(-c2cc(Cl)ccc2C)c1C. The molecule has 3 rings (SSSR count). The van der Waals surface area contributed by atoms with Crippen molar-refractivity contribution in [1.29, 1.82) is 0 Å². The van der Waals surface area contributed by atoms with Gasteiger partial charge in [-0.2, -0.15) is 0 Å². The molecule has 1 aromatic heterocycles. The van der Waals surface area contributed by atoms with E-state index in [-0.39, 0.29) is 12.5 Å². The Morgan fingerprint density at radius 2 is 1.88 bits per heavy atom. The number of methoxy groups -OCH3 is 1. The summed E-state index contributed by atoms with van der Waals surface area (Å²) in [5.74, 6) is -0.727. The minimum atomic E-state index is -0.496. The van der Waals surface area contributed by atoms with Crippen molar-refractivity contribution in [3.8, 4) is 5.69 Å². The first-order valence-electron chi connectivity index (χ1n) is 10.6. The highest BCUT2D eigenvalue weighted by atomic mass is 35.5. The van der Waals surface area contributed by atoms with Crippen LogP contribution in [-0.2, 0) is 19.1 Å². The Morgan fingerprint density at radius 3 is 2.53 bits per heavy atom. The number of allylic oxidation sites excluding steroid dienone is 1. The normalized spacial score (nSPS) is 15.3. The van der Waals surface area contributed by atoms with Crippen molar-refractivity contribution in [1.82, 2.24) is 9.47 Å². The summed E-state index contributed by atoms with van der Waals surface area (Å²) >= 11 is 6.25. The summed E-state index contributed by atoms with van der Waals surface area (Å²) in [6, 6.07) is 7.78. The molecular weight excluding hydrogens is 428 g/mol. The number of esters is 1. The predicted octanol–water partition coefficient (Wildman–Crippen LogP) is 4.77. The van der Waals surface area contributed by atoms with Gasteiger partial charge in [0.2, 0.25) is 0 Å². The molecule has 0 atom stereocenters. The van der Waals surface area contributed by atoms with Crippen LogP contribution >= 0.6 is 11.6 Å². The van der Waals surface area contributed by atoms with E-state index in [0.29, 0.717) is 35.0 Å². The van der Waals surface area contributed by atoms with Crippen LogP contribution in [0.2, 0.25) is 5.02 Å². The summed E-state index contributed by atoms with van der Waals surface area (Å²) in [5.41, 5.74) is 6.08. The van der Waals surface area contributed by atoms with E-state index in [1.165, 1.54) is 0 Å². The van der Waals surface area contributed by atoms with E-state index in [9.17, 15) is 9.59 Å². The van der Waals surface area contributed by atoms with Crippen LogP contribution in [0.25, 0.3) is 11.8 Å². The highest BCUT2D eigenvalue weighted by molar-refractivity contribution is 6.30. The van der Waals surface area contributed by atoms with Crippen LogP contribution in [-0.4, -0.2) is 48.2 Å². The van der Waals surface area contributed by atoms with Crippen LogP contribution < -0.4 is 0 Å². The van der Waals surface area contributed by atoms with Crippen molar-refractivity contribution in [2.45, 2.75) is 34.6 Å². The van der Waals surface area contributed by atoms with Crippen molar-refractivity contribution in [3.05, 3.63) is 68.6 Å². The molecule has 170 valence electrons. The number of rotatable bonds is 7. The molecule has 32 heavy (non-hydrogen) atoms. The molecule has 0 bridgehead atoms. The number of ether oxygens (including phenoxy) is 2. The molecule has 1 aromatic carbocycles. The Kier molecular flexibility index (Phi) is 7.26. The number of hydrogen-bond donors (Lipinski definition) is 0. The van der Waals surface area contributed by atoms with Crippen LogP contribution in [0.5, 0.6) is 0 Å². The summed E-state index contributed by atoms with van der Waals surface area (Å²) in [6.07, 6.45) is 1.78. The van der Waals surface area contributed by atoms with Crippen LogP contribution in [0, 0.1) is 20.8 Å². The first kappa shape index (κ1) is 23.8. The second-order valence-electron chi connectivity index (χ2n) is 7.78. The Bertz CT molecular complexity index is 1130. The average Bonchev–Trinajstić information content (AvgIpc) is 3.15. The topological polar surface area (TPSA) is 60.8 Å². The number of benzene rings is 1. The van der Waals surface area contributed by atoms with Gasteiger partial charge in [-0.25, -0.2) is 4.79 Å². The van der Waals surface area contributed by atoms with E-state index in [1.54, 1.807) is 31.9 Å². The molecule has 0 saturated carbocycles.